The highest BCUT2D eigenvalue weighted by Gasteiger charge is 2.29. The van der Waals surface area contributed by atoms with Gasteiger partial charge in [-0.1, -0.05) is 121 Å². The number of nitrogens with one attached hydrogen (secondary N) is 2. The van der Waals surface area contributed by atoms with Crippen molar-refractivity contribution in [2.75, 3.05) is 13.1 Å². The predicted molar refractivity (Wildman–Crippen MR) is 171 cm³/mol. The van der Waals surface area contributed by atoms with E-state index in [0.717, 1.165) is 22.3 Å². The Morgan fingerprint density at radius 3 is 0.881 bits per heavy atom. The lowest BCUT2D eigenvalue weighted by atomic mass is 10.2. The van der Waals surface area contributed by atoms with Gasteiger partial charge in [-0.05, 0) is 0 Å². The molecule has 6 nitrogen and oxygen atoms in total. The molecule has 2 N–H and O–H groups in total. The molecule has 0 aliphatic carbocycles. The molecule has 0 radical (unpaired) electrons. The molecule has 4 aromatic rings. The smallest absolute Gasteiger partial charge is 0.198 e. The fourth-order valence-electron chi connectivity index (χ4n) is 4.70. The Balaban J connectivity index is 1.22. The van der Waals surface area contributed by atoms with Crippen LogP contribution >= 0.6 is 14.6 Å². The van der Waals surface area contributed by atoms with Crippen LogP contribution in [0.25, 0.3) is 23.0 Å². The zero-order valence-electron chi connectivity index (χ0n) is 22.8. The van der Waals surface area contributed by atoms with Crippen molar-refractivity contribution in [2.45, 2.75) is 0 Å². The van der Waals surface area contributed by atoms with Gasteiger partial charge in [0.2, 0.25) is 0 Å². The highest BCUT2D eigenvalue weighted by molar-refractivity contribution is 7.69. The van der Waals surface area contributed by atoms with Gasteiger partial charge < -0.3 is 9.47 Å². The zero-order valence-corrected chi connectivity index (χ0v) is 24.6. The fraction of sp³-hybridized carbons (Fsp3) is 0.0588. The molecule has 0 saturated heterocycles. The maximum absolute atomic E-state index is 14.1. The van der Waals surface area contributed by atoms with Crippen molar-refractivity contribution >= 4 is 37.6 Å². The highest BCUT2D eigenvalue weighted by Crippen LogP contribution is 2.54. The van der Waals surface area contributed by atoms with Gasteiger partial charge in [0, 0.05) is 58.6 Å². The van der Waals surface area contributed by atoms with E-state index in [1.807, 2.05) is 121 Å². The van der Waals surface area contributed by atoms with E-state index in [-0.39, 0.29) is 0 Å². The highest BCUT2D eigenvalue weighted by atomic mass is 31.2. The Morgan fingerprint density at radius 2 is 0.643 bits per heavy atom. The Kier molecular flexibility index (Phi) is 8.23. The lowest BCUT2D eigenvalue weighted by Gasteiger charge is -2.25. The van der Waals surface area contributed by atoms with Crippen molar-refractivity contribution in [3.63, 3.8) is 0 Å². The summed E-state index contributed by atoms with van der Waals surface area (Å²) in [6.07, 6.45) is 0. The topological polar surface area (TPSA) is 76.7 Å². The maximum Gasteiger partial charge on any atom is 0.198 e. The van der Waals surface area contributed by atoms with Gasteiger partial charge >= 0.3 is 0 Å². The molecule has 0 atom stereocenters. The fourth-order valence-corrected chi connectivity index (χ4v) is 8.34. The molecule has 0 unspecified atom stereocenters. The molecule has 210 valence electrons. The first-order valence-electron chi connectivity index (χ1n) is 13.7. The third kappa shape index (κ3) is 6.65. The van der Waals surface area contributed by atoms with E-state index in [1.165, 1.54) is 0 Å². The van der Waals surface area contributed by atoms with Crippen LogP contribution in [0.15, 0.2) is 145 Å². The molecule has 0 aromatic heterocycles. The van der Waals surface area contributed by atoms with E-state index < -0.39 is 14.6 Å². The third-order valence-electron chi connectivity index (χ3n) is 6.75. The minimum Gasteiger partial charge on any atom is -0.456 e. The van der Waals surface area contributed by atoms with Gasteiger partial charge in [-0.2, -0.15) is 0 Å². The normalized spacial score (nSPS) is 17.0. The van der Waals surface area contributed by atoms with Crippen LogP contribution in [0.1, 0.15) is 22.3 Å². The minimum absolute atomic E-state index is 0.308. The second-order valence-electron chi connectivity index (χ2n) is 9.88. The first-order valence-corrected chi connectivity index (χ1v) is 17.4. The molecule has 2 aliphatic rings. The van der Waals surface area contributed by atoms with Crippen LogP contribution in [0.3, 0.4) is 0 Å². The van der Waals surface area contributed by atoms with E-state index in [0.29, 0.717) is 36.1 Å². The summed E-state index contributed by atoms with van der Waals surface area (Å²) in [5.74, 6) is 8.76. The van der Waals surface area contributed by atoms with Crippen LogP contribution in [-0.4, -0.2) is 13.1 Å². The van der Waals surface area contributed by atoms with Gasteiger partial charge in [0.05, 0.1) is 0 Å². The van der Waals surface area contributed by atoms with E-state index in [2.05, 4.69) is 10.2 Å². The standard InChI is InChI=1S/C34H30N2O4P2/c37-41(23-31(27-13-5-1-6-14-27)39-32(24-41)28-15-7-2-8-16-28)35-21-22-36-42(38)25-33(29-17-9-3-10-18-29)40-34(26-42)30-19-11-4-12-20-30/h1-20,23-26H,21-22H2,(H,35,37)(H,36,38). The zero-order chi connectivity index (χ0) is 28.8. The summed E-state index contributed by atoms with van der Waals surface area (Å²) in [5.41, 5.74) is 3.34. The van der Waals surface area contributed by atoms with Gasteiger partial charge in [0.15, 0.2) is 14.6 Å². The summed E-state index contributed by atoms with van der Waals surface area (Å²) in [5, 5.41) is 6.41. The summed E-state index contributed by atoms with van der Waals surface area (Å²) >= 11 is 0. The number of rotatable bonds is 9. The van der Waals surface area contributed by atoms with E-state index in [9.17, 15) is 9.13 Å². The molecular formula is C34H30N2O4P2. The van der Waals surface area contributed by atoms with Crippen molar-refractivity contribution < 1.29 is 18.6 Å². The summed E-state index contributed by atoms with van der Waals surface area (Å²) in [7, 11) is -6.31. The van der Waals surface area contributed by atoms with Crippen LogP contribution in [0, 0.1) is 0 Å². The Morgan fingerprint density at radius 1 is 0.405 bits per heavy atom. The quantitative estimate of drug-likeness (QED) is 0.149. The summed E-state index contributed by atoms with van der Waals surface area (Å²) in [6.45, 7) is 0.616. The molecule has 6 rings (SSSR count). The minimum atomic E-state index is -3.15. The number of hydrogen-bond donors (Lipinski definition) is 2. The Labute approximate surface area is 246 Å². The van der Waals surface area contributed by atoms with Crippen molar-refractivity contribution in [1.82, 2.24) is 10.2 Å². The van der Waals surface area contributed by atoms with E-state index >= 15 is 0 Å². The molecular weight excluding hydrogens is 562 g/mol. The summed E-state index contributed by atoms with van der Waals surface area (Å²) < 4.78 is 40.6. The monoisotopic (exact) mass is 592 g/mol. The Hall–Kier alpha value is -4.18. The summed E-state index contributed by atoms with van der Waals surface area (Å²) in [6, 6.07) is 38.5. The summed E-state index contributed by atoms with van der Waals surface area (Å²) in [4.78, 5) is 0. The average Bonchev–Trinajstić information content (AvgIpc) is 3.04. The van der Waals surface area contributed by atoms with Crippen molar-refractivity contribution in [1.29, 1.82) is 0 Å². The van der Waals surface area contributed by atoms with Crippen LogP contribution in [0.5, 0.6) is 0 Å². The van der Waals surface area contributed by atoms with E-state index in [4.69, 9.17) is 9.47 Å². The second-order valence-corrected chi connectivity index (χ2v) is 14.4. The molecule has 0 bridgehead atoms. The van der Waals surface area contributed by atoms with Gasteiger partial charge in [-0.3, -0.25) is 19.3 Å². The van der Waals surface area contributed by atoms with Crippen LogP contribution in [0.2, 0.25) is 0 Å². The average molecular weight is 593 g/mol. The van der Waals surface area contributed by atoms with Gasteiger partial charge in [-0.15, -0.1) is 0 Å². The molecule has 0 amide bonds. The molecule has 0 spiro atoms. The number of benzene rings is 4. The van der Waals surface area contributed by atoms with Crippen molar-refractivity contribution in [3.05, 3.63) is 167 Å². The van der Waals surface area contributed by atoms with Gasteiger partial charge in [-0.25, -0.2) is 0 Å². The number of hydrogen-bond acceptors (Lipinski definition) is 4. The third-order valence-corrected chi connectivity index (χ3v) is 10.7. The number of ether oxygens (including phenoxy) is 2. The van der Waals surface area contributed by atoms with Crippen LogP contribution in [0.4, 0.5) is 0 Å². The van der Waals surface area contributed by atoms with Gasteiger partial charge in [0.25, 0.3) is 0 Å². The molecule has 4 aromatic carbocycles. The Bertz CT molecular complexity index is 1520. The molecule has 0 saturated carbocycles. The first-order chi connectivity index (χ1) is 20.5. The molecule has 0 fully saturated rings. The second kappa shape index (κ2) is 12.4. The van der Waals surface area contributed by atoms with Crippen molar-refractivity contribution in [2.24, 2.45) is 0 Å². The predicted octanol–water partition coefficient (Wildman–Crippen LogP) is 8.78. The molecule has 2 heterocycles. The molecule has 42 heavy (non-hydrogen) atoms. The largest absolute Gasteiger partial charge is 0.456 e. The van der Waals surface area contributed by atoms with Crippen LogP contribution in [-0.2, 0) is 18.6 Å². The maximum atomic E-state index is 14.1. The molecule has 8 heteroatoms. The van der Waals surface area contributed by atoms with Crippen molar-refractivity contribution in [3.8, 4) is 0 Å². The van der Waals surface area contributed by atoms with Crippen LogP contribution < -0.4 is 10.2 Å². The molecule has 2 aliphatic heterocycles. The van der Waals surface area contributed by atoms with E-state index in [1.54, 1.807) is 23.3 Å². The first kappa shape index (κ1) is 28.0. The van der Waals surface area contributed by atoms with Gasteiger partial charge in [0.1, 0.15) is 23.0 Å². The lowest BCUT2D eigenvalue weighted by Crippen LogP contribution is -2.23. The lowest BCUT2D eigenvalue weighted by molar-refractivity contribution is 0.467. The SMILES string of the molecule is O=P1(NCCNP2(=O)C=C(c3ccccc3)OC(c3ccccc3)=C2)C=C(c2ccccc2)OC(c2ccccc2)=C1.